The Bertz CT molecular complexity index is 955. The third kappa shape index (κ3) is 1.69. The van der Waals surface area contributed by atoms with Crippen LogP contribution in [0.4, 0.5) is 11.4 Å². The van der Waals surface area contributed by atoms with Gasteiger partial charge in [-0.25, -0.2) is 0 Å². The van der Waals surface area contributed by atoms with E-state index in [1.807, 2.05) is 26.0 Å². The van der Waals surface area contributed by atoms with E-state index in [0.717, 1.165) is 5.56 Å². The zero-order valence-corrected chi connectivity index (χ0v) is 14.8. The Kier molecular flexibility index (Phi) is 3.24. The number of hydrogen-bond acceptors (Lipinski definition) is 5. The predicted octanol–water partition coefficient (Wildman–Crippen LogP) is 2.39. The Balaban J connectivity index is 2.07. The van der Waals surface area contributed by atoms with Gasteiger partial charge >= 0.3 is 0 Å². The van der Waals surface area contributed by atoms with Crippen molar-refractivity contribution in [2.45, 2.75) is 38.0 Å². The van der Waals surface area contributed by atoms with Crippen molar-refractivity contribution in [3.8, 4) is 5.75 Å². The van der Waals surface area contributed by atoms with Crippen LogP contribution < -0.4 is 15.4 Å². The standard InChI is InChI=1S/C20H20N2O4/c1-11(2)13-7-8-14-17(9-13)26-20(25)15-5-4-6-16(21)18(15)22(12(3)24)19(14,20)10-23/h4-11,25H,21H2,1-3H3. The summed E-state index contributed by atoms with van der Waals surface area (Å²) >= 11 is 0. The highest BCUT2D eigenvalue weighted by atomic mass is 16.6. The van der Waals surface area contributed by atoms with E-state index in [0.29, 0.717) is 34.5 Å². The maximum atomic E-state index is 12.5. The van der Waals surface area contributed by atoms with Crippen molar-refractivity contribution in [2.75, 3.05) is 10.6 Å². The van der Waals surface area contributed by atoms with Crippen LogP contribution in [0.1, 0.15) is 43.4 Å². The molecule has 2 aromatic carbocycles. The summed E-state index contributed by atoms with van der Waals surface area (Å²) in [6.07, 6.45) is 0.578. The number of anilines is 2. The molecule has 0 spiro atoms. The number of carbonyl (C=O) groups is 2. The summed E-state index contributed by atoms with van der Waals surface area (Å²) < 4.78 is 5.94. The van der Waals surface area contributed by atoms with Crippen LogP contribution in [0.2, 0.25) is 0 Å². The molecule has 2 aliphatic rings. The minimum absolute atomic E-state index is 0.248. The number of aldehydes is 1. The van der Waals surface area contributed by atoms with Gasteiger partial charge in [-0.1, -0.05) is 38.1 Å². The van der Waals surface area contributed by atoms with Crippen molar-refractivity contribution in [1.82, 2.24) is 0 Å². The minimum atomic E-state index is -2.02. The van der Waals surface area contributed by atoms with Gasteiger partial charge in [0.1, 0.15) is 5.75 Å². The summed E-state index contributed by atoms with van der Waals surface area (Å²) in [4.78, 5) is 26.2. The average molecular weight is 352 g/mol. The van der Waals surface area contributed by atoms with Crippen LogP contribution in [-0.2, 0) is 20.9 Å². The van der Waals surface area contributed by atoms with E-state index in [-0.39, 0.29) is 5.92 Å². The Morgan fingerprint density at radius 3 is 2.62 bits per heavy atom. The number of amides is 1. The molecule has 26 heavy (non-hydrogen) atoms. The third-order valence-electron chi connectivity index (χ3n) is 5.35. The van der Waals surface area contributed by atoms with Crippen LogP contribution in [0.3, 0.4) is 0 Å². The van der Waals surface area contributed by atoms with Gasteiger partial charge in [-0.05, 0) is 23.6 Å². The molecule has 2 atom stereocenters. The summed E-state index contributed by atoms with van der Waals surface area (Å²) in [7, 11) is 0. The molecule has 4 rings (SSSR count). The van der Waals surface area contributed by atoms with Crippen LogP contribution in [0.15, 0.2) is 36.4 Å². The number of carbonyl (C=O) groups excluding carboxylic acids is 2. The second-order valence-corrected chi connectivity index (χ2v) is 7.14. The number of aliphatic hydroxyl groups is 1. The van der Waals surface area contributed by atoms with Crippen molar-refractivity contribution < 1.29 is 19.4 Å². The maximum Gasteiger partial charge on any atom is 0.272 e. The minimum Gasteiger partial charge on any atom is -0.454 e. The van der Waals surface area contributed by atoms with Gasteiger partial charge in [-0.2, -0.15) is 0 Å². The molecule has 0 aromatic heterocycles. The molecule has 0 radical (unpaired) electrons. The van der Waals surface area contributed by atoms with Crippen molar-refractivity contribution in [3.05, 3.63) is 53.1 Å². The number of fused-ring (bicyclic) bond motifs is 5. The molecular formula is C20H20N2O4. The first-order valence-electron chi connectivity index (χ1n) is 8.50. The van der Waals surface area contributed by atoms with Gasteiger partial charge < -0.3 is 20.4 Å². The fraction of sp³-hybridized carbons (Fsp3) is 0.300. The number of nitrogen functional groups attached to an aromatic ring is 1. The molecule has 2 unspecified atom stereocenters. The predicted molar refractivity (Wildman–Crippen MR) is 96.8 cm³/mol. The van der Waals surface area contributed by atoms with Crippen LogP contribution in [-0.4, -0.2) is 17.3 Å². The lowest BCUT2D eigenvalue weighted by Gasteiger charge is -2.35. The van der Waals surface area contributed by atoms with Crippen LogP contribution in [0, 0.1) is 0 Å². The summed E-state index contributed by atoms with van der Waals surface area (Å²) in [6.45, 7) is 5.42. The van der Waals surface area contributed by atoms with Gasteiger partial charge in [0.25, 0.3) is 5.79 Å². The molecule has 0 saturated heterocycles. The van der Waals surface area contributed by atoms with E-state index in [9.17, 15) is 14.7 Å². The number of para-hydroxylation sites is 1. The topological polar surface area (TPSA) is 92.9 Å². The normalized spacial score (nSPS) is 25.5. The Labute approximate surface area is 151 Å². The van der Waals surface area contributed by atoms with Crippen LogP contribution >= 0.6 is 0 Å². The lowest BCUT2D eigenvalue weighted by molar-refractivity contribution is -0.176. The fourth-order valence-electron chi connectivity index (χ4n) is 4.11. The van der Waals surface area contributed by atoms with Gasteiger partial charge in [0.2, 0.25) is 11.4 Å². The third-order valence-corrected chi connectivity index (χ3v) is 5.35. The largest absolute Gasteiger partial charge is 0.454 e. The van der Waals surface area contributed by atoms with E-state index < -0.39 is 17.2 Å². The maximum absolute atomic E-state index is 12.5. The molecule has 0 fully saturated rings. The SMILES string of the molecule is CC(=O)N1c2c(N)cccc2C2(O)Oc3cc(C(C)C)ccc3C12C=O. The number of ether oxygens (including phenoxy) is 1. The van der Waals surface area contributed by atoms with Gasteiger partial charge in [-0.3, -0.25) is 9.69 Å². The summed E-state index contributed by atoms with van der Waals surface area (Å²) in [5.41, 5.74) is 6.75. The molecule has 0 saturated carbocycles. The van der Waals surface area contributed by atoms with Gasteiger partial charge in [-0.15, -0.1) is 0 Å². The van der Waals surface area contributed by atoms with E-state index >= 15 is 0 Å². The van der Waals surface area contributed by atoms with E-state index in [1.54, 1.807) is 24.3 Å². The monoisotopic (exact) mass is 352 g/mol. The van der Waals surface area contributed by atoms with Crippen molar-refractivity contribution in [2.24, 2.45) is 0 Å². The first-order chi connectivity index (χ1) is 12.3. The molecular weight excluding hydrogens is 332 g/mol. The molecule has 6 nitrogen and oxygen atoms in total. The van der Waals surface area contributed by atoms with Crippen molar-refractivity contribution in [1.29, 1.82) is 0 Å². The second-order valence-electron chi connectivity index (χ2n) is 7.14. The number of rotatable bonds is 2. The lowest BCUT2D eigenvalue weighted by atomic mass is 9.83. The van der Waals surface area contributed by atoms with Gasteiger partial charge in [0.15, 0.2) is 6.29 Å². The molecule has 6 heteroatoms. The first-order valence-corrected chi connectivity index (χ1v) is 8.50. The Morgan fingerprint density at radius 2 is 2.00 bits per heavy atom. The molecule has 0 aliphatic carbocycles. The molecule has 1 amide bonds. The van der Waals surface area contributed by atoms with E-state index in [4.69, 9.17) is 10.5 Å². The highest BCUT2D eigenvalue weighted by Crippen LogP contribution is 2.62. The average Bonchev–Trinajstić information content (AvgIpc) is 2.97. The van der Waals surface area contributed by atoms with E-state index in [1.165, 1.54) is 11.8 Å². The highest BCUT2D eigenvalue weighted by Gasteiger charge is 2.71. The number of nitrogens with two attached hydrogens (primary N) is 1. The van der Waals surface area contributed by atoms with Gasteiger partial charge in [0.05, 0.1) is 16.9 Å². The zero-order chi connectivity index (χ0) is 18.9. The van der Waals surface area contributed by atoms with Crippen molar-refractivity contribution in [3.63, 3.8) is 0 Å². The smallest absolute Gasteiger partial charge is 0.272 e. The van der Waals surface area contributed by atoms with Crippen molar-refractivity contribution >= 4 is 23.6 Å². The number of nitrogens with zero attached hydrogens (tertiary/aromatic N) is 1. The van der Waals surface area contributed by atoms with Crippen LogP contribution in [0.25, 0.3) is 0 Å². The molecule has 2 aromatic rings. The van der Waals surface area contributed by atoms with Gasteiger partial charge in [0, 0.05) is 12.5 Å². The molecule has 134 valence electrons. The molecule has 2 heterocycles. The first kappa shape index (κ1) is 16.6. The highest BCUT2D eigenvalue weighted by molar-refractivity contribution is 6.06. The molecule has 3 N–H and O–H groups in total. The molecule has 2 aliphatic heterocycles. The number of benzene rings is 2. The fourth-order valence-corrected chi connectivity index (χ4v) is 4.11. The molecule has 0 bridgehead atoms. The van der Waals surface area contributed by atoms with E-state index in [2.05, 4.69) is 0 Å². The summed E-state index contributed by atoms with van der Waals surface area (Å²) in [5.74, 6) is -1.79. The Hall–Kier alpha value is -2.86. The lowest BCUT2D eigenvalue weighted by Crippen LogP contribution is -2.57. The van der Waals surface area contributed by atoms with Crippen LogP contribution in [0.5, 0.6) is 5.75 Å². The summed E-state index contributed by atoms with van der Waals surface area (Å²) in [6, 6.07) is 10.4. The Morgan fingerprint density at radius 1 is 1.27 bits per heavy atom. The summed E-state index contributed by atoms with van der Waals surface area (Å²) in [5, 5.41) is 11.5. The quantitative estimate of drug-likeness (QED) is 0.639. The number of hydrogen-bond donors (Lipinski definition) is 2. The zero-order valence-electron chi connectivity index (χ0n) is 14.8. The second kappa shape index (κ2) is 5.08.